The van der Waals surface area contributed by atoms with Crippen molar-refractivity contribution in [2.75, 3.05) is 5.73 Å². The SMILES string of the molecule is CCCCCC(c1ccc(C)cc1)c1ccc(N)cc1C. The molecule has 0 amide bonds. The molecule has 1 nitrogen and oxygen atoms in total. The summed E-state index contributed by atoms with van der Waals surface area (Å²) in [5.41, 5.74) is 12.2. The van der Waals surface area contributed by atoms with Gasteiger partial charge in [-0.3, -0.25) is 0 Å². The summed E-state index contributed by atoms with van der Waals surface area (Å²) in [7, 11) is 0. The molecule has 1 atom stereocenters. The van der Waals surface area contributed by atoms with Gasteiger partial charge < -0.3 is 5.73 Å². The van der Waals surface area contributed by atoms with Crippen molar-refractivity contribution in [3.63, 3.8) is 0 Å². The fraction of sp³-hybridized carbons (Fsp3) is 0.400. The monoisotopic (exact) mass is 281 g/mol. The van der Waals surface area contributed by atoms with Crippen molar-refractivity contribution in [3.8, 4) is 0 Å². The first-order valence-corrected chi connectivity index (χ1v) is 8.04. The summed E-state index contributed by atoms with van der Waals surface area (Å²) in [5.74, 6) is 0.484. The lowest BCUT2D eigenvalue weighted by atomic mass is 9.84. The molecule has 2 aromatic carbocycles. The van der Waals surface area contributed by atoms with Gasteiger partial charge in [0.15, 0.2) is 0 Å². The van der Waals surface area contributed by atoms with Gasteiger partial charge in [0.2, 0.25) is 0 Å². The number of unbranched alkanes of at least 4 members (excludes halogenated alkanes) is 2. The summed E-state index contributed by atoms with van der Waals surface area (Å²) in [4.78, 5) is 0. The molecule has 0 saturated heterocycles. The van der Waals surface area contributed by atoms with Gasteiger partial charge in [0.25, 0.3) is 0 Å². The first-order chi connectivity index (χ1) is 10.1. The number of aryl methyl sites for hydroxylation is 2. The Morgan fingerprint density at radius 1 is 0.952 bits per heavy atom. The van der Waals surface area contributed by atoms with E-state index >= 15 is 0 Å². The van der Waals surface area contributed by atoms with E-state index in [2.05, 4.69) is 57.2 Å². The molecule has 0 aromatic heterocycles. The molecule has 0 spiro atoms. The van der Waals surface area contributed by atoms with E-state index in [1.54, 1.807) is 0 Å². The molecule has 1 unspecified atom stereocenters. The summed E-state index contributed by atoms with van der Waals surface area (Å²) in [6.07, 6.45) is 5.05. The van der Waals surface area contributed by atoms with Crippen LogP contribution >= 0.6 is 0 Å². The van der Waals surface area contributed by atoms with Crippen LogP contribution in [-0.4, -0.2) is 0 Å². The molecule has 0 bridgehead atoms. The van der Waals surface area contributed by atoms with Crippen LogP contribution in [0.5, 0.6) is 0 Å². The van der Waals surface area contributed by atoms with E-state index < -0.39 is 0 Å². The summed E-state index contributed by atoms with van der Waals surface area (Å²) < 4.78 is 0. The quantitative estimate of drug-likeness (QED) is 0.541. The predicted octanol–water partition coefficient (Wildman–Crippen LogP) is 5.60. The van der Waals surface area contributed by atoms with Crippen molar-refractivity contribution < 1.29 is 0 Å². The molecule has 0 aliphatic rings. The summed E-state index contributed by atoms with van der Waals surface area (Å²) in [5, 5.41) is 0. The van der Waals surface area contributed by atoms with Crippen LogP contribution < -0.4 is 5.73 Å². The highest BCUT2D eigenvalue weighted by Gasteiger charge is 2.16. The van der Waals surface area contributed by atoms with E-state index in [1.807, 2.05) is 6.07 Å². The van der Waals surface area contributed by atoms with Gasteiger partial charge in [0.05, 0.1) is 0 Å². The Balaban J connectivity index is 2.32. The first-order valence-electron chi connectivity index (χ1n) is 8.04. The molecular formula is C20H27N. The zero-order chi connectivity index (χ0) is 15.2. The number of hydrogen-bond donors (Lipinski definition) is 1. The Bertz CT molecular complexity index is 569. The van der Waals surface area contributed by atoms with Gasteiger partial charge in [0, 0.05) is 11.6 Å². The predicted molar refractivity (Wildman–Crippen MR) is 92.8 cm³/mol. The molecule has 0 saturated carbocycles. The number of nitrogens with two attached hydrogens (primary N) is 1. The molecule has 0 heterocycles. The second-order valence-corrected chi connectivity index (χ2v) is 6.08. The third-order valence-electron chi connectivity index (χ3n) is 4.25. The molecule has 0 aliphatic carbocycles. The van der Waals surface area contributed by atoms with Gasteiger partial charge in [-0.2, -0.15) is 0 Å². The van der Waals surface area contributed by atoms with E-state index in [1.165, 1.54) is 47.9 Å². The zero-order valence-corrected chi connectivity index (χ0v) is 13.5. The van der Waals surface area contributed by atoms with Crippen LogP contribution in [0.15, 0.2) is 42.5 Å². The fourth-order valence-electron chi connectivity index (χ4n) is 2.99. The van der Waals surface area contributed by atoms with Crippen molar-refractivity contribution in [1.29, 1.82) is 0 Å². The second-order valence-electron chi connectivity index (χ2n) is 6.08. The molecule has 0 radical (unpaired) electrons. The highest BCUT2D eigenvalue weighted by molar-refractivity contribution is 5.47. The normalized spacial score (nSPS) is 12.3. The average Bonchev–Trinajstić information content (AvgIpc) is 2.46. The largest absolute Gasteiger partial charge is 0.399 e. The summed E-state index contributed by atoms with van der Waals surface area (Å²) >= 11 is 0. The van der Waals surface area contributed by atoms with Gasteiger partial charge in [-0.1, -0.05) is 62.1 Å². The molecular weight excluding hydrogens is 254 g/mol. The Morgan fingerprint density at radius 2 is 1.67 bits per heavy atom. The molecule has 112 valence electrons. The Kier molecular flexibility index (Phi) is 5.44. The number of anilines is 1. The van der Waals surface area contributed by atoms with Crippen LogP contribution in [-0.2, 0) is 0 Å². The lowest BCUT2D eigenvalue weighted by Gasteiger charge is -2.21. The maximum absolute atomic E-state index is 5.91. The third-order valence-corrected chi connectivity index (χ3v) is 4.25. The number of benzene rings is 2. The van der Waals surface area contributed by atoms with Gasteiger partial charge in [-0.05, 0) is 49.1 Å². The topological polar surface area (TPSA) is 26.0 Å². The standard InChI is InChI=1S/C20H27N/c1-4-5-6-7-20(17-10-8-15(2)9-11-17)19-13-12-18(21)14-16(19)3/h8-14,20H,4-7,21H2,1-3H3. The zero-order valence-electron chi connectivity index (χ0n) is 13.5. The lowest BCUT2D eigenvalue weighted by Crippen LogP contribution is -2.04. The highest BCUT2D eigenvalue weighted by atomic mass is 14.5. The van der Waals surface area contributed by atoms with Crippen LogP contribution in [0.3, 0.4) is 0 Å². The lowest BCUT2D eigenvalue weighted by molar-refractivity contribution is 0.617. The number of hydrogen-bond acceptors (Lipinski definition) is 1. The number of nitrogen functional groups attached to an aromatic ring is 1. The molecule has 2 N–H and O–H groups in total. The first kappa shape index (κ1) is 15.6. The Hall–Kier alpha value is -1.76. The van der Waals surface area contributed by atoms with Crippen molar-refractivity contribution in [3.05, 3.63) is 64.7 Å². The van der Waals surface area contributed by atoms with Crippen LogP contribution in [0.2, 0.25) is 0 Å². The van der Waals surface area contributed by atoms with Crippen LogP contribution in [0.1, 0.15) is 60.8 Å². The minimum absolute atomic E-state index is 0.484. The van der Waals surface area contributed by atoms with Crippen molar-refractivity contribution >= 4 is 5.69 Å². The maximum Gasteiger partial charge on any atom is 0.0316 e. The molecule has 0 aliphatic heterocycles. The average molecular weight is 281 g/mol. The maximum atomic E-state index is 5.91. The minimum Gasteiger partial charge on any atom is -0.399 e. The van der Waals surface area contributed by atoms with Crippen molar-refractivity contribution in [2.45, 2.75) is 52.4 Å². The Morgan fingerprint density at radius 3 is 2.29 bits per heavy atom. The van der Waals surface area contributed by atoms with E-state index in [4.69, 9.17) is 5.73 Å². The molecule has 0 fully saturated rings. The van der Waals surface area contributed by atoms with Gasteiger partial charge in [-0.15, -0.1) is 0 Å². The molecule has 2 aromatic rings. The van der Waals surface area contributed by atoms with Crippen LogP contribution in [0, 0.1) is 13.8 Å². The van der Waals surface area contributed by atoms with E-state index in [0.717, 1.165) is 5.69 Å². The fourth-order valence-corrected chi connectivity index (χ4v) is 2.99. The summed E-state index contributed by atoms with van der Waals surface area (Å²) in [6.45, 7) is 6.58. The third kappa shape index (κ3) is 4.10. The van der Waals surface area contributed by atoms with Crippen molar-refractivity contribution in [1.82, 2.24) is 0 Å². The van der Waals surface area contributed by atoms with E-state index in [0.29, 0.717) is 5.92 Å². The van der Waals surface area contributed by atoms with E-state index in [-0.39, 0.29) is 0 Å². The molecule has 1 heteroatoms. The Labute approximate surface area is 129 Å². The van der Waals surface area contributed by atoms with Crippen LogP contribution in [0.25, 0.3) is 0 Å². The number of rotatable bonds is 6. The molecule has 2 rings (SSSR count). The van der Waals surface area contributed by atoms with Crippen molar-refractivity contribution in [2.24, 2.45) is 0 Å². The van der Waals surface area contributed by atoms with Gasteiger partial charge >= 0.3 is 0 Å². The minimum atomic E-state index is 0.484. The smallest absolute Gasteiger partial charge is 0.0316 e. The van der Waals surface area contributed by atoms with Gasteiger partial charge in [0.1, 0.15) is 0 Å². The summed E-state index contributed by atoms with van der Waals surface area (Å²) in [6, 6.07) is 15.3. The van der Waals surface area contributed by atoms with Crippen LogP contribution in [0.4, 0.5) is 5.69 Å². The van der Waals surface area contributed by atoms with Gasteiger partial charge in [-0.25, -0.2) is 0 Å². The molecule has 21 heavy (non-hydrogen) atoms. The highest BCUT2D eigenvalue weighted by Crippen LogP contribution is 2.33. The van der Waals surface area contributed by atoms with E-state index in [9.17, 15) is 0 Å². The second kappa shape index (κ2) is 7.31.